The molecule has 0 unspecified atom stereocenters. The van der Waals surface area contributed by atoms with Crippen molar-refractivity contribution in [1.29, 1.82) is 0 Å². The van der Waals surface area contributed by atoms with Gasteiger partial charge in [-0.05, 0) is 35.3 Å². The Hall–Kier alpha value is -2.89. The smallest absolute Gasteiger partial charge is 0.203 e. The lowest BCUT2D eigenvalue weighted by molar-refractivity contribution is 0.104. The molecule has 2 aromatic rings. The zero-order chi connectivity index (χ0) is 18.4. The lowest BCUT2D eigenvalue weighted by Crippen LogP contribution is -2.07. The van der Waals surface area contributed by atoms with Crippen LogP contribution < -0.4 is 24.4 Å². The van der Waals surface area contributed by atoms with E-state index in [1.165, 1.54) is 27.4 Å². The molecule has 0 aliphatic heterocycles. The van der Waals surface area contributed by atoms with Gasteiger partial charge in [-0.1, -0.05) is 18.2 Å². The molecule has 6 heteroatoms. The maximum atomic E-state index is 12.5. The lowest BCUT2D eigenvalue weighted by atomic mass is 9.93. The standard InChI is InChI=1S/C19H21BO5/c1-22-16-8-6-12(9-14(16)20)5-7-15(21)13-10-17(23-2)19(25-4)18(11-13)24-3/h5-11H,20H2,1-4H3/b7-5+. The molecule has 0 saturated heterocycles. The third kappa shape index (κ3) is 4.15. The SMILES string of the molecule is Bc1cc(/C=C/C(=O)c2cc(OC)c(OC)c(OC)c2)ccc1OC. The second-order valence-electron chi connectivity index (χ2n) is 5.34. The number of hydrogen-bond donors (Lipinski definition) is 0. The van der Waals surface area contributed by atoms with Gasteiger partial charge in [0.05, 0.1) is 28.4 Å². The van der Waals surface area contributed by atoms with E-state index in [2.05, 4.69) is 0 Å². The fourth-order valence-corrected chi connectivity index (χ4v) is 2.50. The molecule has 0 heterocycles. The number of allylic oxidation sites excluding steroid dienone is 1. The van der Waals surface area contributed by atoms with E-state index in [4.69, 9.17) is 18.9 Å². The van der Waals surface area contributed by atoms with E-state index < -0.39 is 0 Å². The largest absolute Gasteiger partial charge is 0.497 e. The van der Waals surface area contributed by atoms with E-state index in [9.17, 15) is 4.79 Å². The summed E-state index contributed by atoms with van der Waals surface area (Å²) in [5, 5.41) is 0. The molecule has 0 aromatic heterocycles. The van der Waals surface area contributed by atoms with Crippen molar-refractivity contribution < 1.29 is 23.7 Å². The first-order chi connectivity index (χ1) is 12.0. The van der Waals surface area contributed by atoms with Crippen molar-refractivity contribution in [3.05, 3.63) is 47.5 Å². The highest BCUT2D eigenvalue weighted by Gasteiger charge is 2.15. The van der Waals surface area contributed by atoms with Gasteiger partial charge in [-0.15, -0.1) is 0 Å². The van der Waals surface area contributed by atoms with Crippen molar-refractivity contribution in [1.82, 2.24) is 0 Å². The highest BCUT2D eigenvalue weighted by Crippen LogP contribution is 2.38. The first-order valence-electron chi connectivity index (χ1n) is 7.71. The van der Waals surface area contributed by atoms with Crippen LogP contribution in [-0.4, -0.2) is 42.1 Å². The van der Waals surface area contributed by atoms with Gasteiger partial charge in [0, 0.05) is 5.56 Å². The molecule has 0 radical (unpaired) electrons. The highest BCUT2D eigenvalue weighted by atomic mass is 16.5. The molecule has 0 amide bonds. The molecular formula is C19H21BO5. The van der Waals surface area contributed by atoms with E-state index in [0.29, 0.717) is 22.8 Å². The number of carbonyl (C=O) groups is 1. The summed E-state index contributed by atoms with van der Waals surface area (Å²) >= 11 is 0. The maximum absolute atomic E-state index is 12.5. The Morgan fingerprint density at radius 1 is 0.880 bits per heavy atom. The molecule has 5 nitrogen and oxygen atoms in total. The van der Waals surface area contributed by atoms with Gasteiger partial charge >= 0.3 is 0 Å². The number of hydrogen-bond acceptors (Lipinski definition) is 5. The fraction of sp³-hybridized carbons (Fsp3) is 0.211. The van der Waals surface area contributed by atoms with E-state index in [0.717, 1.165) is 16.8 Å². The molecular weight excluding hydrogens is 319 g/mol. The Kier molecular flexibility index (Phi) is 6.11. The Labute approximate surface area is 148 Å². The van der Waals surface area contributed by atoms with Crippen LogP contribution in [-0.2, 0) is 0 Å². The molecule has 0 N–H and O–H groups in total. The predicted molar refractivity (Wildman–Crippen MR) is 101 cm³/mol. The predicted octanol–water partition coefficient (Wildman–Crippen LogP) is 1.88. The molecule has 0 atom stereocenters. The Morgan fingerprint density at radius 2 is 1.48 bits per heavy atom. The summed E-state index contributed by atoms with van der Waals surface area (Å²) in [6.07, 6.45) is 3.28. The summed E-state index contributed by atoms with van der Waals surface area (Å²) in [4.78, 5) is 12.5. The van der Waals surface area contributed by atoms with Crippen molar-refractivity contribution in [2.75, 3.05) is 28.4 Å². The van der Waals surface area contributed by atoms with Crippen molar-refractivity contribution in [2.24, 2.45) is 0 Å². The first kappa shape index (κ1) is 18.5. The van der Waals surface area contributed by atoms with Gasteiger partial charge in [-0.3, -0.25) is 4.79 Å². The Bertz CT molecular complexity index is 773. The topological polar surface area (TPSA) is 54.0 Å². The normalized spacial score (nSPS) is 10.6. The lowest BCUT2D eigenvalue weighted by Gasteiger charge is -2.13. The van der Waals surface area contributed by atoms with Crippen LogP contribution in [0.1, 0.15) is 15.9 Å². The number of benzene rings is 2. The molecule has 25 heavy (non-hydrogen) atoms. The third-order valence-electron chi connectivity index (χ3n) is 3.80. The molecule has 0 aliphatic carbocycles. The van der Waals surface area contributed by atoms with E-state index in [1.807, 2.05) is 26.0 Å². The van der Waals surface area contributed by atoms with Crippen LogP contribution in [0.3, 0.4) is 0 Å². The minimum Gasteiger partial charge on any atom is -0.497 e. The average Bonchev–Trinajstić information content (AvgIpc) is 2.64. The van der Waals surface area contributed by atoms with Crippen LogP contribution in [0, 0.1) is 0 Å². The van der Waals surface area contributed by atoms with Crippen molar-refractivity contribution >= 4 is 25.2 Å². The van der Waals surface area contributed by atoms with Gasteiger partial charge in [0.15, 0.2) is 17.3 Å². The zero-order valence-corrected chi connectivity index (χ0v) is 15.1. The summed E-state index contributed by atoms with van der Waals surface area (Å²) in [6, 6.07) is 8.99. The van der Waals surface area contributed by atoms with Gasteiger partial charge in [0.2, 0.25) is 5.75 Å². The summed E-state index contributed by atoms with van der Waals surface area (Å²) in [5.41, 5.74) is 2.37. The van der Waals surface area contributed by atoms with Gasteiger partial charge in [-0.2, -0.15) is 0 Å². The Balaban J connectivity index is 2.30. The number of ether oxygens (including phenoxy) is 4. The number of carbonyl (C=O) groups excluding carboxylic acids is 1. The van der Waals surface area contributed by atoms with E-state index >= 15 is 0 Å². The summed E-state index contributed by atoms with van der Waals surface area (Å²) in [7, 11) is 8.14. The van der Waals surface area contributed by atoms with E-state index in [1.54, 1.807) is 25.3 Å². The van der Waals surface area contributed by atoms with Crippen LogP contribution in [0.15, 0.2) is 36.4 Å². The molecule has 0 aliphatic rings. The summed E-state index contributed by atoms with van der Waals surface area (Å²) in [6.45, 7) is 0. The molecule has 0 spiro atoms. The molecule has 0 fully saturated rings. The molecule has 130 valence electrons. The van der Waals surface area contributed by atoms with Crippen LogP contribution in [0.4, 0.5) is 0 Å². The number of rotatable bonds is 7. The van der Waals surface area contributed by atoms with Gasteiger partial charge in [0.25, 0.3) is 0 Å². The fourth-order valence-electron chi connectivity index (χ4n) is 2.50. The third-order valence-corrected chi connectivity index (χ3v) is 3.80. The highest BCUT2D eigenvalue weighted by molar-refractivity contribution is 6.34. The first-order valence-corrected chi connectivity index (χ1v) is 7.71. The van der Waals surface area contributed by atoms with Crippen LogP contribution >= 0.6 is 0 Å². The van der Waals surface area contributed by atoms with Crippen molar-refractivity contribution in [2.45, 2.75) is 0 Å². The van der Waals surface area contributed by atoms with Crippen molar-refractivity contribution in [3.8, 4) is 23.0 Å². The second kappa shape index (κ2) is 8.28. The zero-order valence-electron chi connectivity index (χ0n) is 15.1. The summed E-state index contributed by atoms with van der Waals surface area (Å²) in [5.74, 6) is 2.00. The second-order valence-corrected chi connectivity index (χ2v) is 5.34. The number of methoxy groups -OCH3 is 4. The molecule has 0 saturated carbocycles. The molecule has 2 rings (SSSR count). The van der Waals surface area contributed by atoms with Gasteiger partial charge < -0.3 is 18.9 Å². The quantitative estimate of drug-likeness (QED) is 0.438. The molecule has 0 bridgehead atoms. The van der Waals surface area contributed by atoms with Crippen molar-refractivity contribution in [3.63, 3.8) is 0 Å². The average molecular weight is 340 g/mol. The molecule has 2 aromatic carbocycles. The number of ketones is 1. The monoisotopic (exact) mass is 340 g/mol. The minimum absolute atomic E-state index is 0.160. The minimum atomic E-state index is -0.160. The van der Waals surface area contributed by atoms with Gasteiger partial charge in [0.1, 0.15) is 13.6 Å². The van der Waals surface area contributed by atoms with Crippen LogP contribution in [0.5, 0.6) is 23.0 Å². The van der Waals surface area contributed by atoms with Gasteiger partial charge in [-0.25, -0.2) is 0 Å². The Morgan fingerprint density at radius 3 is 1.96 bits per heavy atom. The van der Waals surface area contributed by atoms with E-state index in [-0.39, 0.29) is 5.78 Å². The van der Waals surface area contributed by atoms with Crippen LogP contribution in [0.25, 0.3) is 6.08 Å². The maximum Gasteiger partial charge on any atom is 0.203 e. The van der Waals surface area contributed by atoms with Crippen LogP contribution in [0.2, 0.25) is 0 Å². The summed E-state index contributed by atoms with van der Waals surface area (Å²) < 4.78 is 21.1.